The Morgan fingerprint density at radius 1 is 1.50 bits per heavy atom. The summed E-state index contributed by atoms with van der Waals surface area (Å²) in [6.07, 6.45) is 0. The van der Waals surface area contributed by atoms with E-state index in [-0.39, 0.29) is 15.8 Å². The number of hydrogen-bond donors (Lipinski definition) is 2. The van der Waals surface area contributed by atoms with Crippen LogP contribution in [0.1, 0.15) is 5.56 Å². The number of anilines is 1. The molecule has 1 heterocycles. The van der Waals surface area contributed by atoms with Crippen LogP contribution in [0.2, 0.25) is 0 Å². The highest BCUT2D eigenvalue weighted by Crippen LogP contribution is 2.30. The molecule has 0 bridgehead atoms. The maximum Gasteiger partial charge on any atom is 0.313 e. The molecule has 0 aromatic heterocycles. The van der Waals surface area contributed by atoms with E-state index in [0.717, 1.165) is 17.3 Å². The lowest BCUT2D eigenvalue weighted by Gasteiger charge is -2.17. The van der Waals surface area contributed by atoms with Crippen LogP contribution in [0.5, 0.6) is 0 Å². The Kier molecular flexibility index (Phi) is 3.31. The van der Waals surface area contributed by atoms with E-state index in [9.17, 15) is 13.2 Å². The second kappa shape index (κ2) is 4.62. The van der Waals surface area contributed by atoms with E-state index in [0.29, 0.717) is 5.69 Å². The average Bonchev–Trinajstić information content (AvgIpc) is 2.27. The molecule has 0 saturated carbocycles. The Labute approximate surface area is 108 Å². The lowest BCUT2D eigenvalue weighted by Crippen LogP contribution is -2.20. The van der Waals surface area contributed by atoms with Crippen LogP contribution in [0.4, 0.5) is 5.69 Å². The highest BCUT2D eigenvalue weighted by Gasteiger charge is 2.25. The van der Waals surface area contributed by atoms with Gasteiger partial charge in [0, 0.05) is 0 Å². The van der Waals surface area contributed by atoms with Crippen LogP contribution in [0, 0.1) is 6.92 Å². The molecule has 1 aromatic rings. The molecule has 0 fully saturated rings. The molecule has 0 spiro atoms. The number of carboxylic acids is 1. The molecule has 0 radical (unpaired) electrons. The number of fused-ring (bicyclic) bond motifs is 1. The third-order valence-electron chi connectivity index (χ3n) is 2.19. The number of nitrogens with one attached hydrogen (secondary N) is 1. The van der Waals surface area contributed by atoms with Gasteiger partial charge in [0.25, 0.3) is 10.0 Å². The van der Waals surface area contributed by atoms with Crippen molar-refractivity contribution >= 4 is 38.6 Å². The van der Waals surface area contributed by atoms with Crippen LogP contribution in [-0.4, -0.2) is 30.4 Å². The van der Waals surface area contributed by atoms with E-state index >= 15 is 0 Å². The van der Waals surface area contributed by atoms with Gasteiger partial charge in [0.1, 0.15) is 4.90 Å². The zero-order chi connectivity index (χ0) is 13.3. The molecule has 0 aliphatic carbocycles. The largest absolute Gasteiger partial charge is 0.481 e. The van der Waals surface area contributed by atoms with Gasteiger partial charge in [-0.15, -0.1) is 4.40 Å². The van der Waals surface area contributed by atoms with Gasteiger partial charge in [-0.05, 0) is 24.6 Å². The minimum absolute atomic E-state index is 0.0775. The molecule has 1 aliphatic heterocycles. The van der Waals surface area contributed by atoms with Gasteiger partial charge in [-0.2, -0.15) is 8.42 Å². The van der Waals surface area contributed by atoms with Crippen LogP contribution in [0.3, 0.4) is 0 Å². The fraction of sp³-hybridized carbons (Fsp3) is 0.200. The van der Waals surface area contributed by atoms with Crippen molar-refractivity contribution in [2.24, 2.45) is 4.40 Å². The summed E-state index contributed by atoms with van der Waals surface area (Å²) in [6.45, 7) is 1.79. The standard InChI is InChI=1S/C10H10N2O4S2/c1-6-2-3-7-8(4-6)18(15,16)12-10(11-7)17-5-9(13)14/h2-4H,5H2,1H3,(H,11,12)(H,13,14). The number of benzene rings is 1. The molecule has 0 atom stereocenters. The molecule has 2 N–H and O–H groups in total. The minimum Gasteiger partial charge on any atom is -0.481 e. The third kappa shape index (κ3) is 2.65. The predicted molar refractivity (Wildman–Crippen MR) is 69.5 cm³/mol. The molecule has 96 valence electrons. The molecule has 0 unspecified atom stereocenters. The first-order valence-corrected chi connectivity index (χ1v) is 7.38. The SMILES string of the molecule is Cc1ccc2c(c1)S(=O)(=O)N=C(SCC(=O)O)N2. The highest BCUT2D eigenvalue weighted by molar-refractivity contribution is 8.15. The molecule has 0 amide bonds. The summed E-state index contributed by atoms with van der Waals surface area (Å²) in [5, 5.41) is 11.4. The van der Waals surface area contributed by atoms with Crippen molar-refractivity contribution in [2.75, 3.05) is 11.1 Å². The molecule has 6 nitrogen and oxygen atoms in total. The number of amidine groups is 1. The maximum absolute atomic E-state index is 11.9. The first kappa shape index (κ1) is 12.9. The number of nitrogens with zero attached hydrogens (tertiary/aromatic N) is 1. The summed E-state index contributed by atoms with van der Waals surface area (Å²) in [4.78, 5) is 10.6. The smallest absolute Gasteiger partial charge is 0.313 e. The van der Waals surface area contributed by atoms with Gasteiger partial charge in [0.05, 0.1) is 11.4 Å². The van der Waals surface area contributed by atoms with Crippen molar-refractivity contribution in [3.63, 3.8) is 0 Å². The summed E-state index contributed by atoms with van der Waals surface area (Å²) in [5.41, 5.74) is 1.24. The second-order valence-corrected chi connectivity index (χ2v) is 6.22. The number of sulfonamides is 1. The Hall–Kier alpha value is -1.54. The summed E-state index contributed by atoms with van der Waals surface area (Å²) in [6, 6.07) is 4.93. The second-order valence-electron chi connectivity index (χ2n) is 3.68. The normalized spacial score (nSPS) is 16.4. The van der Waals surface area contributed by atoms with Gasteiger partial charge < -0.3 is 10.4 Å². The van der Waals surface area contributed by atoms with Gasteiger partial charge in [-0.1, -0.05) is 17.8 Å². The zero-order valence-corrected chi connectivity index (χ0v) is 11.0. The number of hydrogen-bond acceptors (Lipinski definition) is 5. The fourth-order valence-electron chi connectivity index (χ4n) is 1.44. The van der Waals surface area contributed by atoms with Crippen LogP contribution >= 0.6 is 11.8 Å². The number of thioether (sulfide) groups is 1. The van der Waals surface area contributed by atoms with Crippen LogP contribution < -0.4 is 5.32 Å². The predicted octanol–water partition coefficient (Wildman–Crippen LogP) is 1.28. The molecule has 8 heteroatoms. The molecular weight excluding hydrogens is 276 g/mol. The third-order valence-corrected chi connectivity index (χ3v) is 4.48. The Bertz CT molecular complexity index is 637. The summed E-state index contributed by atoms with van der Waals surface area (Å²) >= 11 is 0.836. The van der Waals surface area contributed by atoms with Crippen molar-refractivity contribution in [3.05, 3.63) is 23.8 Å². The first-order chi connectivity index (χ1) is 8.38. The number of aryl methyl sites for hydroxylation is 1. The van der Waals surface area contributed by atoms with Gasteiger partial charge in [-0.3, -0.25) is 4.79 Å². The fourth-order valence-corrected chi connectivity index (χ4v) is 3.48. The summed E-state index contributed by atoms with van der Waals surface area (Å²) in [5.74, 6) is -1.28. The topological polar surface area (TPSA) is 95.8 Å². The number of carbonyl (C=O) groups is 1. The van der Waals surface area contributed by atoms with Crippen molar-refractivity contribution in [3.8, 4) is 0 Å². The van der Waals surface area contributed by atoms with Crippen LogP contribution in [0.25, 0.3) is 0 Å². The summed E-state index contributed by atoms with van der Waals surface area (Å²) in [7, 11) is -3.75. The number of rotatable bonds is 2. The van der Waals surface area contributed by atoms with E-state index in [1.54, 1.807) is 19.1 Å². The summed E-state index contributed by atoms with van der Waals surface area (Å²) < 4.78 is 27.3. The lowest BCUT2D eigenvalue weighted by molar-refractivity contribution is -0.133. The van der Waals surface area contributed by atoms with Crippen LogP contribution in [0.15, 0.2) is 27.5 Å². The lowest BCUT2D eigenvalue weighted by atomic mass is 10.2. The molecular formula is C10H10N2O4S2. The van der Waals surface area contributed by atoms with Gasteiger partial charge in [-0.25, -0.2) is 0 Å². The Balaban J connectivity index is 2.36. The average molecular weight is 286 g/mol. The first-order valence-electron chi connectivity index (χ1n) is 4.96. The minimum atomic E-state index is -3.75. The number of aliphatic carboxylic acids is 1. The highest BCUT2D eigenvalue weighted by atomic mass is 32.2. The monoisotopic (exact) mass is 286 g/mol. The molecule has 2 rings (SSSR count). The van der Waals surface area contributed by atoms with Gasteiger partial charge >= 0.3 is 5.97 Å². The van der Waals surface area contributed by atoms with E-state index in [1.807, 2.05) is 0 Å². The van der Waals surface area contributed by atoms with E-state index in [1.165, 1.54) is 6.07 Å². The molecule has 1 aliphatic rings. The molecule has 0 saturated heterocycles. The van der Waals surface area contributed by atoms with E-state index in [4.69, 9.17) is 5.11 Å². The van der Waals surface area contributed by atoms with Crippen molar-refractivity contribution in [1.82, 2.24) is 0 Å². The van der Waals surface area contributed by atoms with Crippen molar-refractivity contribution in [2.45, 2.75) is 11.8 Å². The van der Waals surface area contributed by atoms with Crippen molar-refractivity contribution in [1.29, 1.82) is 0 Å². The maximum atomic E-state index is 11.9. The van der Waals surface area contributed by atoms with E-state index in [2.05, 4.69) is 9.71 Å². The van der Waals surface area contributed by atoms with Gasteiger partial charge in [0.15, 0.2) is 5.17 Å². The Morgan fingerprint density at radius 3 is 2.89 bits per heavy atom. The van der Waals surface area contributed by atoms with E-state index < -0.39 is 16.0 Å². The quantitative estimate of drug-likeness (QED) is 0.850. The van der Waals surface area contributed by atoms with Gasteiger partial charge in [0.2, 0.25) is 0 Å². The molecule has 1 aromatic carbocycles. The molecule has 18 heavy (non-hydrogen) atoms. The Morgan fingerprint density at radius 2 is 2.22 bits per heavy atom. The number of carboxylic acid groups (broad SMARTS) is 1. The zero-order valence-electron chi connectivity index (χ0n) is 9.37. The van der Waals surface area contributed by atoms with Crippen molar-refractivity contribution < 1.29 is 18.3 Å². The van der Waals surface area contributed by atoms with Crippen LogP contribution in [-0.2, 0) is 14.8 Å².